The number of aliphatic hydroxyl groups is 1. The molecule has 2 heterocycles. The van der Waals surface area contributed by atoms with E-state index >= 15 is 0 Å². The van der Waals surface area contributed by atoms with E-state index in [0.29, 0.717) is 25.9 Å². The van der Waals surface area contributed by atoms with Crippen LogP contribution >= 0.6 is 0 Å². The second-order valence-corrected chi connectivity index (χ2v) is 5.70. The molecule has 0 atom stereocenters. The molecule has 1 aromatic heterocycles. The number of aromatic amines is 1. The van der Waals surface area contributed by atoms with Crippen molar-refractivity contribution in [3.8, 4) is 0 Å². The van der Waals surface area contributed by atoms with Crippen LogP contribution < -0.4 is 5.32 Å². The van der Waals surface area contributed by atoms with E-state index in [0.717, 1.165) is 29.9 Å². The highest BCUT2D eigenvalue weighted by Crippen LogP contribution is 2.27. The monoisotopic (exact) mass is 280 g/mol. The van der Waals surface area contributed by atoms with E-state index in [1.165, 1.54) is 0 Å². The highest BCUT2D eigenvalue weighted by molar-refractivity contribution is 5.90. The van der Waals surface area contributed by atoms with Crippen LogP contribution in [0.25, 0.3) is 0 Å². The van der Waals surface area contributed by atoms with Crippen LogP contribution in [0.2, 0.25) is 0 Å². The molecule has 0 aliphatic carbocycles. The predicted octanol–water partition coefficient (Wildman–Crippen LogP) is 2.19. The van der Waals surface area contributed by atoms with Crippen LogP contribution in [0.5, 0.6) is 0 Å². The topological polar surface area (TPSA) is 81.2 Å². The number of carbonyl (C=O) groups is 1. The molecule has 1 aliphatic rings. The van der Waals surface area contributed by atoms with E-state index in [4.69, 9.17) is 0 Å². The summed E-state index contributed by atoms with van der Waals surface area (Å²) >= 11 is 0. The summed E-state index contributed by atoms with van der Waals surface area (Å²) in [7, 11) is 0. The van der Waals surface area contributed by atoms with Crippen molar-refractivity contribution in [1.82, 2.24) is 15.1 Å². The molecule has 2 amide bonds. The number of hydrogen-bond donors (Lipinski definition) is 3. The van der Waals surface area contributed by atoms with Crippen LogP contribution in [0.4, 0.5) is 10.5 Å². The van der Waals surface area contributed by atoms with Gasteiger partial charge in [-0.05, 0) is 33.1 Å². The highest BCUT2D eigenvalue weighted by Gasteiger charge is 2.33. The van der Waals surface area contributed by atoms with E-state index in [1.807, 2.05) is 13.8 Å². The SMILES string of the molecule is CCCC1(O)CCN(C(=O)Nc2c(C)n[nH]c2C)CC1. The normalized spacial score (nSPS) is 18.1. The van der Waals surface area contributed by atoms with Crippen molar-refractivity contribution >= 4 is 11.7 Å². The van der Waals surface area contributed by atoms with E-state index < -0.39 is 5.60 Å². The standard InChI is InChI=1S/C14H24N4O2/c1-4-5-14(20)6-8-18(9-7-14)13(19)15-12-10(2)16-17-11(12)3/h20H,4-9H2,1-3H3,(H,15,19)(H,16,17). The Balaban J connectivity index is 1.92. The molecule has 6 nitrogen and oxygen atoms in total. The number of rotatable bonds is 3. The van der Waals surface area contributed by atoms with Gasteiger partial charge in [-0.15, -0.1) is 0 Å². The number of aryl methyl sites for hydroxylation is 2. The molecular weight excluding hydrogens is 256 g/mol. The molecule has 2 rings (SSSR count). The number of urea groups is 1. The number of nitrogens with one attached hydrogen (secondary N) is 2. The molecule has 0 aromatic carbocycles. The maximum atomic E-state index is 12.2. The van der Waals surface area contributed by atoms with Crippen LogP contribution in [0, 0.1) is 13.8 Å². The van der Waals surface area contributed by atoms with Gasteiger partial charge in [-0.1, -0.05) is 13.3 Å². The lowest BCUT2D eigenvalue weighted by Crippen LogP contribution is -2.48. The minimum Gasteiger partial charge on any atom is -0.390 e. The van der Waals surface area contributed by atoms with Crippen LogP contribution in [0.15, 0.2) is 0 Å². The van der Waals surface area contributed by atoms with Crippen molar-refractivity contribution in [2.24, 2.45) is 0 Å². The average molecular weight is 280 g/mol. The van der Waals surface area contributed by atoms with Crippen molar-refractivity contribution in [3.63, 3.8) is 0 Å². The molecule has 0 saturated carbocycles. The summed E-state index contributed by atoms with van der Waals surface area (Å²) in [5, 5.41) is 20.2. The Morgan fingerprint density at radius 3 is 2.60 bits per heavy atom. The zero-order valence-corrected chi connectivity index (χ0v) is 12.5. The first-order valence-electron chi connectivity index (χ1n) is 7.25. The fourth-order valence-electron chi connectivity index (χ4n) is 2.76. The Bertz CT molecular complexity index is 456. The number of likely N-dealkylation sites (tertiary alicyclic amines) is 1. The lowest BCUT2D eigenvalue weighted by Gasteiger charge is -2.38. The van der Waals surface area contributed by atoms with Crippen LogP contribution in [0.3, 0.4) is 0 Å². The number of H-pyrrole nitrogens is 1. The highest BCUT2D eigenvalue weighted by atomic mass is 16.3. The quantitative estimate of drug-likeness (QED) is 0.793. The summed E-state index contributed by atoms with van der Waals surface area (Å²) in [6.45, 7) is 7.00. The molecule has 6 heteroatoms. The zero-order chi connectivity index (χ0) is 14.8. The zero-order valence-electron chi connectivity index (χ0n) is 12.5. The smallest absolute Gasteiger partial charge is 0.321 e. The largest absolute Gasteiger partial charge is 0.390 e. The summed E-state index contributed by atoms with van der Waals surface area (Å²) in [6.07, 6.45) is 3.08. The van der Waals surface area contributed by atoms with Gasteiger partial charge in [0.1, 0.15) is 0 Å². The number of piperidine rings is 1. The summed E-state index contributed by atoms with van der Waals surface area (Å²) in [5.41, 5.74) is 1.81. The van der Waals surface area contributed by atoms with Gasteiger partial charge in [0, 0.05) is 13.1 Å². The Labute approximate surface area is 119 Å². The van der Waals surface area contributed by atoms with Crippen LogP contribution in [0.1, 0.15) is 44.0 Å². The average Bonchev–Trinajstić information content (AvgIpc) is 2.71. The van der Waals surface area contributed by atoms with Crippen LogP contribution in [-0.2, 0) is 0 Å². The second-order valence-electron chi connectivity index (χ2n) is 5.70. The number of nitrogens with zero attached hydrogens (tertiary/aromatic N) is 2. The second kappa shape index (κ2) is 5.83. The lowest BCUT2D eigenvalue weighted by molar-refractivity contribution is -0.0183. The molecule has 0 bridgehead atoms. The molecule has 1 aromatic rings. The molecule has 0 unspecified atom stereocenters. The van der Waals surface area contributed by atoms with Gasteiger partial charge in [0.05, 0.1) is 22.7 Å². The third-order valence-corrected chi connectivity index (χ3v) is 4.06. The van der Waals surface area contributed by atoms with Gasteiger partial charge in [-0.25, -0.2) is 4.79 Å². The Kier molecular flexibility index (Phi) is 4.32. The molecule has 0 spiro atoms. The van der Waals surface area contributed by atoms with Crippen molar-refractivity contribution in [2.45, 2.75) is 52.1 Å². The molecular formula is C14H24N4O2. The Morgan fingerprint density at radius 2 is 2.10 bits per heavy atom. The van der Waals surface area contributed by atoms with Gasteiger partial charge in [-0.3, -0.25) is 5.10 Å². The molecule has 20 heavy (non-hydrogen) atoms. The molecule has 1 aliphatic heterocycles. The van der Waals surface area contributed by atoms with Gasteiger partial charge in [-0.2, -0.15) is 5.10 Å². The van der Waals surface area contributed by atoms with Crippen molar-refractivity contribution < 1.29 is 9.90 Å². The summed E-state index contributed by atoms with van der Waals surface area (Å²) in [6, 6.07) is -0.115. The van der Waals surface area contributed by atoms with E-state index in [1.54, 1.807) is 4.90 Å². The molecule has 3 N–H and O–H groups in total. The molecule has 112 valence electrons. The van der Waals surface area contributed by atoms with E-state index in [9.17, 15) is 9.90 Å². The first kappa shape index (κ1) is 14.8. The maximum Gasteiger partial charge on any atom is 0.321 e. The first-order chi connectivity index (χ1) is 9.45. The fraction of sp³-hybridized carbons (Fsp3) is 0.714. The van der Waals surface area contributed by atoms with Gasteiger partial charge in [0.2, 0.25) is 0 Å². The van der Waals surface area contributed by atoms with Gasteiger partial charge in [0.25, 0.3) is 0 Å². The van der Waals surface area contributed by atoms with Gasteiger partial charge < -0.3 is 15.3 Å². The summed E-state index contributed by atoms with van der Waals surface area (Å²) < 4.78 is 0. The fourth-order valence-corrected chi connectivity index (χ4v) is 2.76. The molecule has 0 radical (unpaired) electrons. The lowest BCUT2D eigenvalue weighted by atomic mass is 9.87. The van der Waals surface area contributed by atoms with Gasteiger partial charge >= 0.3 is 6.03 Å². The number of anilines is 1. The minimum atomic E-state index is -0.590. The third-order valence-electron chi connectivity index (χ3n) is 4.06. The summed E-state index contributed by atoms with van der Waals surface area (Å²) in [5.74, 6) is 0. The Morgan fingerprint density at radius 1 is 1.45 bits per heavy atom. The molecule has 1 saturated heterocycles. The number of aromatic nitrogens is 2. The van der Waals surface area contributed by atoms with Crippen molar-refractivity contribution in [3.05, 3.63) is 11.4 Å². The van der Waals surface area contributed by atoms with E-state index in [2.05, 4.69) is 22.4 Å². The maximum absolute atomic E-state index is 12.2. The van der Waals surface area contributed by atoms with Crippen LogP contribution in [-0.4, -0.2) is 44.9 Å². The van der Waals surface area contributed by atoms with E-state index in [-0.39, 0.29) is 6.03 Å². The summed E-state index contributed by atoms with van der Waals surface area (Å²) in [4.78, 5) is 14.0. The van der Waals surface area contributed by atoms with Crippen molar-refractivity contribution in [1.29, 1.82) is 0 Å². The number of carbonyl (C=O) groups excluding carboxylic acids is 1. The minimum absolute atomic E-state index is 0.115. The molecule has 1 fully saturated rings. The number of hydrogen-bond acceptors (Lipinski definition) is 3. The van der Waals surface area contributed by atoms with Gasteiger partial charge in [0.15, 0.2) is 0 Å². The number of amides is 2. The predicted molar refractivity (Wildman–Crippen MR) is 77.7 cm³/mol. The Hall–Kier alpha value is -1.56. The van der Waals surface area contributed by atoms with Crippen molar-refractivity contribution in [2.75, 3.05) is 18.4 Å². The third kappa shape index (κ3) is 3.12. The first-order valence-corrected chi connectivity index (χ1v) is 7.25.